The monoisotopic (exact) mass is 336 g/mol. The standard InChI is InChI=1S/C18H20N6O/c1-12-8-9-13(11-20-12)24-16(14-7-5-6-10-19-14)21-15(23-24)17(25)22-18(2,3)4/h5-11H,1-4H3,(H,22,25). The van der Waals surface area contributed by atoms with Crippen molar-refractivity contribution >= 4 is 5.91 Å². The molecule has 3 rings (SSSR count). The third kappa shape index (κ3) is 3.88. The third-order valence-electron chi connectivity index (χ3n) is 3.33. The SMILES string of the molecule is Cc1ccc(-n2nc(C(=O)NC(C)(C)C)nc2-c2ccccn2)cn1. The van der Waals surface area contributed by atoms with Crippen molar-refractivity contribution in [2.45, 2.75) is 33.2 Å². The first kappa shape index (κ1) is 16.8. The number of amides is 1. The van der Waals surface area contributed by atoms with Crippen LogP contribution in [0.4, 0.5) is 0 Å². The molecule has 7 heteroatoms. The van der Waals surface area contributed by atoms with Gasteiger partial charge in [0.25, 0.3) is 5.91 Å². The smallest absolute Gasteiger partial charge is 0.291 e. The average Bonchev–Trinajstić information content (AvgIpc) is 3.00. The normalized spacial score (nSPS) is 11.4. The molecule has 0 aliphatic heterocycles. The van der Waals surface area contributed by atoms with E-state index in [-0.39, 0.29) is 17.3 Å². The molecule has 3 aromatic heterocycles. The lowest BCUT2D eigenvalue weighted by Crippen LogP contribution is -2.41. The Morgan fingerprint density at radius 3 is 2.52 bits per heavy atom. The molecule has 0 saturated carbocycles. The van der Waals surface area contributed by atoms with Crippen LogP contribution in [0.3, 0.4) is 0 Å². The molecule has 25 heavy (non-hydrogen) atoms. The molecular weight excluding hydrogens is 316 g/mol. The maximum absolute atomic E-state index is 12.5. The molecule has 0 aromatic carbocycles. The summed E-state index contributed by atoms with van der Waals surface area (Å²) in [5.41, 5.74) is 1.87. The van der Waals surface area contributed by atoms with Gasteiger partial charge in [0.2, 0.25) is 5.82 Å². The highest BCUT2D eigenvalue weighted by molar-refractivity contribution is 5.91. The lowest BCUT2D eigenvalue weighted by Gasteiger charge is -2.18. The van der Waals surface area contributed by atoms with Gasteiger partial charge in [0.15, 0.2) is 5.82 Å². The van der Waals surface area contributed by atoms with E-state index in [4.69, 9.17) is 0 Å². The van der Waals surface area contributed by atoms with Crippen molar-refractivity contribution in [3.8, 4) is 17.2 Å². The van der Waals surface area contributed by atoms with Crippen LogP contribution in [0.15, 0.2) is 42.7 Å². The van der Waals surface area contributed by atoms with Crippen LogP contribution in [0.25, 0.3) is 17.2 Å². The number of carbonyl (C=O) groups excluding carboxylic acids is 1. The Labute approximate surface area is 146 Å². The summed E-state index contributed by atoms with van der Waals surface area (Å²) in [7, 11) is 0. The van der Waals surface area contributed by atoms with Crippen molar-refractivity contribution in [3.63, 3.8) is 0 Å². The van der Waals surface area contributed by atoms with Crippen molar-refractivity contribution < 1.29 is 4.79 Å². The second-order valence-electron chi connectivity index (χ2n) is 6.75. The first-order valence-electron chi connectivity index (χ1n) is 7.97. The Hall–Kier alpha value is -3.09. The van der Waals surface area contributed by atoms with Gasteiger partial charge >= 0.3 is 0 Å². The van der Waals surface area contributed by atoms with Crippen LogP contribution < -0.4 is 5.32 Å². The molecule has 0 fully saturated rings. The highest BCUT2D eigenvalue weighted by Gasteiger charge is 2.22. The van der Waals surface area contributed by atoms with Crippen LogP contribution in [0.5, 0.6) is 0 Å². The zero-order valence-corrected chi connectivity index (χ0v) is 14.7. The lowest BCUT2D eigenvalue weighted by atomic mass is 10.1. The molecule has 0 bridgehead atoms. The van der Waals surface area contributed by atoms with Crippen LogP contribution in [-0.2, 0) is 0 Å². The van der Waals surface area contributed by atoms with E-state index < -0.39 is 0 Å². The molecule has 1 N–H and O–H groups in total. The van der Waals surface area contributed by atoms with E-state index in [0.717, 1.165) is 5.69 Å². The first-order chi connectivity index (χ1) is 11.8. The number of aryl methyl sites for hydroxylation is 1. The Balaban J connectivity index is 2.09. The van der Waals surface area contributed by atoms with Gasteiger partial charge in [0, 0.05) is 17.4 Å². The van der Waals surface area contributed by atoms with Crippen LogP contribution in [0.2, 0.25) is 0 Å². The third-order valence-corrected chi connectivity index (χ3v) is 3.33. The van der Waals surface area contributed by atoms with Gasteiger partial charge < -0.3 is 5.32 Å². The predicted molar refractivity (Wildman–Crippen MR) is 94.3 cm³/mol. The number of nitrogens with one attached hydrogen (secondary N) is 1. The molecule has 0 atom stereocenters. The van der Waals surface area contributed by atoms with Crippen LogP contribution >= 0.6 is 0 Å². The van der Waals surface area contributed by atoms with Crippen molar-refractivity contribution in [2.75, 3.05) is 0 Å². The zero-order chi connectivity index (χ0) is 18.0. The Kier molecular flexibility index (Phi) is 4.31. The number of hydrogen-bond donors (Lipinski definition) is 1. The van der Waals surface area contributed by atoms with Gasteiger partial charge in [-0.15, -0.1) is 5.10 Å². The van der Waals surface area contributed by atoms with Gasteiger partial charge in [-0.05, 0) is 52.0 Å². The Morgan fingerprint density at radius 1 is 1.12 bits per heavy atom. The minimum Gasteiger partial charge on any atom is -0.345 e. The molecule has 0 aliphatic carbocycles. The number of aromatic nitrogens is 5. The zero-order valence-electron chi connectivity index (χ0n) is 14.7. The molecule has 1 amide bonds. The number of carbonyl (C=O) groups is 1. The molecule has 7 nitrogen and oxygen atoms in total. The fraction of sp³-hybridized carbons (Fsp3) is 0.278. The Morgan fingerprint density at radius 2 is 1.92 bits per heavy atom. The summed E-state index contributed by atoms with van der Waals surface area (Å²) in [6.07, 6.45) is 3.37. The van der Waals surface area contributed by atoms with Crippen LogP contribution in [-0.4, -0.2) is 36.2 Å². The largest absolute Gasteiger partial charge is 0.345 e. The predicted octanol–water partition coefficient (Wildman–Crippen LogP) is 2.56. The second kappa shape index (κ2) is 6.43. The molecule has 128 valence electrons. The van der Waals surface area contributed by atoms with Crippen LogP contribution in [0, 0.1) is 6.92 Å². The summed E-state index contributed by atoms with van der Waals surface area (Å²) in [6.45, 7) is 7.63. The van der Waals surface area contributed by atoms with Gasteiger partial charge in [-0.25, -0.2) is 9.67 Å². The van der Waals surface area contributed by atoms with E-state index in [9.17, 15) is 4.79 Å². The van der Waals surface area contributed by atoms with Crippen molar-refractivity contribution in [1.82, 2.24) is 30.0 Å². The molecule has 0 aliphatic rings. The van der Waals surface area contributed by atoms with Crippen molar-refractivity contribution in [1.29, 1.82) is 0 Å². The quantitative estimate of drug-likeness (QED) is 0.794. The number of rotatable bonds is 3. The van der Waals surface area contributed by atoms with Crippen LogP contribution in [0.1, 0.15) is 37.1 Å². The minimum atomic E-state index is -0.376. The average molecular weight is 336 g/mol. The maximum atomic E-state index is 12.5. The minimum absolute atomic E-state index is 0.0937. The van der Waals surface area contributed by atoms with E-state index in [1.807, 2.05) is 58.0 Å². The maximum Gasteiger partial charge on any atom is 0.291 e. The van der Waals surface area contributed by atoms with Crippen molar-refractivity contribution in [3.05, 3.63) is 54.2 Å². The Bertz CT molecular complexity index is 878. The summed E-state index contributed by atoms with van der Waals surface area (Å²) >= 11 is 0. The molecule has 0 radical (unpaired) electrons. The lowest BCUT2D eigenvalue weighted by molar-refractivity contribution is 0.0909. The van der Waals surface area contributed by atoms with E-state index in [2.05, 4.69) is 25.4 Å². The van der Waals surface area contributed by atoms with Gasteiger partial charge in [0.05, 0.1) is 11.9 Å². The summed E-state index contributed by atoms with van der Waals surface area (Å²) in [4.78, 5) is 25.5. The second-order valence-corrected chi connectivity index (χ2v) is 6.75. The molecule has 3 heterocycles. The van der Waals surface area contributed by atoms with E-state index in [1.165, 1.54) is 0 Å². The van der Waals surface area contributed by atoms with E-state index >= 15 is 0 Å². The number of nitrogens with zero attached hydrogens (tertiary/aromatic N) is 5. The van der Waals surface area contributed by atoms with Gasteiger partial charge in [0.1, 0.15) is 5.69 Å². The number of pyridine rings is 2. The molecular formula is C18H20N6O. The summed E-state index contributed by atoms with van der Waals surface area (Å²) in [5, 5.41) is 7.26. The highest BCUT2D eigenvalue weighted by atomic mass is 16.2. The number of hydrogen-bond acceptors (Lipinski definition) is 5. The molecule has 0 spiro atoms. The first-order valence-corrected chi connectivity index (χ1v) is 7.97. The fourth-order valence-corrected chi connectivity index (χ4v) is 2.23. The van der Waals surface area contributed by atoms with E-state index in [0.29, 0.717) is 17.2 Å². The molecule has 0 saturated heterocycles. The summed E-state index contributed by atoms with van der Waals surface area (Å²) in [6, 6.07) is 9.28. The summed E-state index contributed by atoms with van der Waals surface area (Å²) < 4.78 is 1.59. The van der Waals surface area contributed by atoms with Crippen molar-refractivity contribution in [2.24, 2.45) is 0 Å². The fourth-order valence-electron chi connectivity index (χ4n) is 2.23. The molecule has 3 aromatic rings. The van der Waals surface area contributed by atoms with Gasteiger partial charge in [-0.3, -0.25) is 14.8 Å². The van der Waals surface area contributed by atoms with E-state index in [1.54, 1.807) is 17.1 Å². The topological polar surface area (TPSA) is 85.6 Å². The van der Waals surface area contributed by atoms with Gasteiger partial charge in [-0.1, -0.05) is 6.07 Å². The van der Waals surface area contributed by atoms with Gasteiger partial charge in [-0.2, -0.15) is 0 Å². The molecule has 0 unspecified atom stereocenters. The highest BCUT2D eigenvalue weighted by Crippen LogP contribution is 2.19. The summed E-state index contributed by atoms with van der Waals surface area (Å²) in [5.74, 6) is 0.255.